The third kappa shape index (κ3) is 4.18. The molecule has 0 bridgehead atoms. The van der Waals surface area contributed by atoms with Crippen LogP contribution in [0, 0.1) is 17.0 Å². The van der Waals surface area contributed by atoms with Crippen LogP contribution in [0.5, 0.6) is 0 Å². The number of carbonyl (C=O) groups is 2. The second-order valence-electron chi connectivity index (χ2n) is 8.63. The maximum absolute atomic E-state index is 14.3. The number of likely N-dealkylation sites (tertiary alicyclic amines) is 1. The zero-order valence-electron chi connectivity index (χ0n) is 17.3. The monoisotopic (exact) mass is 446 g/mol. The van der Waals surface area contributed by atoms with Crippen molar-refractivity contribution in [2.75, 3.05) is 19.6 Å². The van der Waals surface area contributed by atoms with E-state index in [-0.39, 0.29) is 39.6 Å². The van der Waals surface area contributed by atoms with E-state index < -0.39 is 11.7 Å². The number of hydrogen-bond donors (Lipinski definition) is 1. The van der Waals surface area contributed by atoms with Crippen molar-refractivity contribution in [1.82, 2.24) is 10.2 Å². The predicted molar refractivity (Wildman–Crippen MR) is 115 cm³/mol. The smallest absolute Gasteiger partial charge is 0.229 e. The zero-order valence-corrected chi connectivity index (χ0v) is 18.1. The van der Waals surface area contributed by atoms with Crippen molar-refractivity contribution >= 4 is 23.4 Å². The number of nitrogens with zero attached hydrogens (tertiary/aromatic N) is 1. The van der Waals surface area contributed by atoms with Crippen molar-refractivity contribution in [3.8, 4) is 0 Å². The van der Waals surface area contributed by atoms with E-state index >= 15 is 0 Å². The van der Waals surface area contributed by atoms with E-state index in [1.54, 1.807) is 30.0 Å². The molecule has 31 heavy (non-hydrogen) atoms. The van der Waals surface area contributed by atoms with Gasteiger partial charge in [-0.25, -0.2) is 8.78 Å². The highest BCUT2D eigenvalue weighted by molar-refractivity contribution is 6.31. The third-order valence-corrected chi connectivity index (χ3v) is 7.23. The second-order valence-corrected chi connectivity index (χ2v) is 9.04. The summed E-state index contributed by atoms with van der Waals surface area (Å²) in [6, 6.07) is 10.9. The molecule has 1 N–H and O–H groups in total. The zero-order chi connectivity index (χ0) is 22.2. The number of carbonyl (C=O) groups excluding carboxylic acids is 2. The van der Waals surface area contributed by atoms with Crippen LogP contribution in [0.2, 0.25) is 5.02 Å². The van der Waals surface area contributed by atoms with E-state index in [2.05, 4.69) is 5.32 Å². The quantitative estimate of drug-likeness (QED) is 0.747. The van der Waals surface area contributed by atoms with Gasteiger partial charge in [-0.1, -0.05) is 29.8 Å². The number of hydrogen-bond acceptors (Lipinski definition) is 2. The fourth-order valence-electron chi connectivity index (χ4n) is 5.12. The van der Waals surface area contributed by atoms with Gasteiger partial charge in [-0.3, -0.25) is 9.59 Å². The second kappa shape index (κ2) is 8.58. The van der Waals surface area contributed by atoms with E-state index in [0.29, 0.717) is 38.9 Å². The molecule has 2 aromatic carbocycles. The van der Waals surface area contributed by atoms with Crippen LogP contribution in [0.4, 0.5) is 8.78 Å². The molecule has 2 aromatic rings. The Morgan fingerprint density at radius 2 is 1.84 bits per heavy atom. The number of benzene rings is 2. The first-order chi connectivity index (χ1) is 14.8. The fraction of sp³-hybridized carbons (Fsp3) is 0.417. The lowest BCUT2D eigenvalue weighted by atomic mass is 9.62. The molecule has 2 aliphatic heterocycles. The summed E-state index contributed by atoms with van der Waals surface area (Å²) in [5.41, 5.74) is 0.930. The Kier molecular flexibility index (Phi) is 6.02. The molecule has 164 valence electrons. The molecule has 1 spiro atoms. The van der Waals surface area contributed by atoms with Gasteiger partial charge >= 0.3 is 0 Å². The van der Waals surface area contributed by atoms with Crippen molar-refractivity contribution in [1.29, 1.82) is 0 Å². The Labute approximate surface area is 185 Å². The summed E-state index contributed by atoms with van der Waals surface area (Å²) >= 11 is 6.16. The minimum absolute atomic E-state index is 0.00430. The molecular formula is C24H25ClF2N2O2. The van der Waals surface area contributed by atoms with E-state index in [1.165, 1.54) is 24.3 Å². The largest absolute Gasteiger partial charge is 0.355 e. The van der Waals surface area contributed by atoms with Gasteiger partial charge in [-0.2, -0.15) is 0 Å². The van der Waals surface area contributed by atoms with Gasteiger partial charge < -0.3 is 10.2 Å². The number of piperidine rings is 2. The molecule has 2 saturated heterocycles. The highest BCUT2D eigenvalue weighted by atomic mass is 35.5. The highest BCUT2D eigenvalue weighted by Crippen LogP contribution is 2.49. The molecule has 4 nitrogen and oxygen atoms in total. The van der Waals surface area contributed by atoms with Gasteiger partial charge in [-0.05, 0) is 55.0 Å². The molecule has 2 fully saturated rings. The summed E-state index contributed by atoms with van der Waals surface area (Å²) in [5.74, 6) is -1.57. The van der Waals surface area contributed by atoms with E-state index in [0.717, 1.165) is 5.56 Å². The van der Waals surface area contributed by atoms with Gasteiger partial charge in [0.15, 0.2) is 0 Å². The van der Waals surface area contributed by atoms with Crippen molar-refractivity contribution in [3.05, 3.63) is 70.2 Å². The fourth-order valence-corrected chi connectivity index (χ4v) is 5.45. The van der Waals surface area contributed by atoms with Crippen LogP contribution in [-0.4, -0.2) is 36.3 Å². The molecule has 0 aromatic heterocycles. The van der Waals surface area contributed by atoms with Crippen LogP contribution >= 0.6 is 11.6 Å². The molecule has 0 aliphatic carbocycles. The Bertz CT molecular complexity index is 967. The maximum atomic E-state index is 14.3. The Morgan fingerprint density at radius 1 is 1.16 bits per heavy atom. The van der Waals surface area contributed by atoms with E-state index in [1.807, 2.05) is 0 Å². The van der Waals surface area contributed by atoms with E-state index in [4.69, 9.17) is 11.6 Å². The Morgan fingerprint density at radius 3 is 2.48 bits per heavy atom. The highest BCUT2D eigenvalue weighted by Gasteiger charge is 2.47. The van der Waals surface area contributed by atoms with E-state index in [9.17, 15) is 18.4 Å². The summed E-state index contributed by atoms with van der Waals surface area (Å²) in [4.78, 5) is 27.1. The van der Waals surface area contributed by atoms with Crippen molar-refractivity contribution in [2.45, 2.75) is 38.0 Å². The number of halogens is 3. The molecule has 2 aliphatic rings. The van der Waals surface area contributed by atoms with Crippen LogP contribution in [0.25, 0.3) is 0 Å². The predicted octanol–water partition coefficient (Wildman–Crippen LogP) is 4.63. The van der Waals surface area contributed by atoms with Gasteiger partial charge in [-0.15, -0.1) is 0 Å². The first-order valence-electron chi connectivity index (χ1n) is 10.6. The van der Waals surface area contributed by atoms with Crippen molar-refractivity contribution in [3.63, 3.8) is 0 Å². The van der Waals surface area contributed by atoms with Crippen LogP contribution in [0.3, 0.4) is 0 Å². The number of rotatable bonds is 3. The third-order valence-electron chi connectivity index (χ3n) is 6.90. The summed E-state index contributed by atoms with van der Waals surface area (Å²) in [6.07, 6.45) is 1.70. The Balaban J connectivity index is 1.52. The van der Waals surface area contributed by atoms with Crippen LogP contribution in [0.1, 0.15) is 49.1 Å². The van der Waals surface area contributed by atoms with Crippen molar-refractivity contribution in [2.24, 2.45) is 5.41 Å². The standard InChI is InChI=1S/C24H25ClF2N2O2/c1-15(22-19(25)3-2-4-20(22)27)23(31)29-11-9-24(10-12-29)13-21(30)28-14-18(24)16-5-7-17(26)8-6-16/h2-8,15,18H,9-14H2,1H3,(H,28,30)/t15-,18-/m0/s1. The van der Waals surface area contributed by atoms with Crippen LogP contribution in [0.15, 0.2) is 42.5 Å². The molecule has 4 rings (SSSR count). The SMILES string of the molecule is C[C@H](C(=O)N1CCC2(CC1)CC(=O)NC[C@H]2c1ccc(F)cc1)c1c(F)cccc1Cl. The molecule has 2 atom stereocenters. The minimum atomic E-state index is -0.690. The van der Waals surface area contributed by atoms with Crippen LogP contribution in [-0.2, 0) is 9.59 Å². The molecule has 0 unspecified atom stereocenters. The molecule has 0 radical (unpaired) electrons. The number of nitrogens with one attached hydrogen (secondary N) is 1. The average molecular weight is 447 g/mol. The van der Waals surface area contributed by atoms with Gasteiger partial charge in [0.2, 0.25) is 11.8 Å². The normalized spacial score (nSPS) is 21.6. The van der Waals surface area contributed by atoms with Gasteiger partial charge in [0, 0.05) is 42.6 Å². The maximum Gasteiger partial charge on any atom is 0.229 e. The lowest BCUT2D eigenvalue weighted by molar-refractivity contribution is -0.137. The molecule has 7 heteroatoms. The Hall–Kier alpha value is -2.47. The topological polar surface area (TPSA) is 49.4 Å². The minimum Gasteiger partial charge on any atom is -0.355 e. The lowest BCUT2D eigenvalue weighted by Crippen LogP contribution is -2.53. The first kappa shape index (κ1) is 21.8. The van der Waals surface area contributed by atoms with Gasteiger partial charge in [0.25, 0.3) is 0 Å². The van der Waals surface area contributed by atoms with Gasteiger partial charge in [0.05, 0.1) is 5.92 Å². The lowest BCUT2D eigenvalue weighted by Gasteiger charge is -2.49. The van der Waals surface area contributed by atoms with Gasteiger partial charge in [0.1, 0.15) is 11.6 Å². The molecular weight excluding hydrogens is 422 g/mol. The van der Waals surface area contributed by atoms with Crippen molar-refractivity contribution < 1.29 is 18.4 Å². The molecule has 2 heterocycles. The average Bonchev–Trinajstić information content (AvgIpc) is 2.74. The summed E-state index contributed by atoms with van der Waals surface area (Å²) < 4.78 is 27.7. The molecule has 0 saturated carbocycles. The summed E-state index contributed by atoms with van der Waals surface area (Å²) in [6.45, 7) is 3.15. The number of amides is 2. The summed E-state index contributed by atoms with van der Waals surface area (Å²) in [5, 5.41) is 3.18. The molecule has 2 amide bonds. The van der Waals surface area contributed by atoms with Crippen LogP contribution < -0.4 is 5.32 Å². The summed E-state index contributed by atoms with van der Waals surface area (Å²) in [7, 11) is 0. The first-order valence-corrected chi connectivity index (χ1v) is 10.9.